The lowest BCUT2D eigenvalue weighted by Crippen LogP contribution is -2.39. The highest BCUT2D eigenvalue weighted by Gasteiger charge is 2.39. The second kappa shape index (κ2) is 29.9. The molecule has 0 spiro atoms. The van der Waals surface area contributed by atoms with Crippen LogP contribution < -0.4 is 34.3 Å². The summed E-state index contributed by atoms with van der Waals surface area (Å²) in [6, 6.07) is 70.3. The fraction of sp³-hybridized carbons (Fsp3) is 0.255. The van der Waals surface area contributed by atoms with Crippen molar-refractivity contribution in [1.29, 1.82) is 0 Å². The maximum atomic E-state index is 8.23. The second-order valence-corrected chi connectivity index (χ2v) is 29.5. The van der Waals surface area contributed by atoms with Gasteiger partial charge in [0.15, 0.2) is 0 Å². The highest BCUT2D eigenvalue weighted by molar-refractivity contribution is 5.97. The predicted octanol–water partition coefficient (Wildman–Crippen LogP) is 23.9. The molecule has 0 amide bonds. The lowest BCUT2D eigenvalue weighted by Gasteiger charge is -2.35. The Morgan fingerprint density at radius 2 is 0.868 bits per heavy atom. The monoisotopic (exact) mass is 1400 g/mol. The first-order valence-corrected chi connectivity index (χ1v) is 37.5. The minimum Gasteiger partial charge on any atom is -0.353 e. The number of benzene rings is 9. The van der Waals surface area contributed by atoms with Crippen molar-refractivity contribution in [3.8, 4) is 0 Å². The molecular formula is C94H100N12. The fourth-order valence-electron chi connectivity index (χ4n) is 16.5. The molecule has 4 aliphatic heterocycles. The van der Waals surface area contributed by atoms with E-state index in [1.54, 1.807) is 0 Å². The van der Waals surface area contributed by atoms with Crippen molar-refractivity contribution in [2.24, 2.45) is 0 Å². The molecule has 0 aliphatic carbocycles. The molecule has 0 bridgehead atoms. The molecule has 0 fully saturated rings. The summed E-state index contributed by atoms with van der Waals surface area (Å²) < 4.78 is 8.23. The topological polar surface area (TPSA) is 77.5 Å². The van der Waals surface area contributed by atoms with Crippen molar-refractivity contribution in [2.75, 3.05) is 34.3 Å². The maximum absolute atomic E-state index is 8.23. The van der Waals surface area contributed by atoms with Gasteiger partial charge in [0, 0.05) is 105 Å². The van der Waals surface area contributed by atoms with Crippen LogP contribution in [0.15, 0.2) is 262 Å². The normalized spacial score (nSPS) is 17.0. The quantitative estimate of drug-likeness (QED) is 0.131. The maximum Gasteiger partial charge on any atom is 0.137 e. The van der Waals surface area contributed by atoms with Gasteiger partial charge in [-0.3, -0.25) is 15.0 Å². The van der Waals surface area contributed by atoms with Gasteiger partial charge in [0.2, 0.25) is 0 Å². The lowest BCUT2D eigenvalue weighted by molar-refractivity contribution is 0.263. The van der Waals surface area contributed by atoms with E-state index in [0.717, 1.165) is 28.1 Å². The lowest BCUT2D eigenvalue weighted by atomic mass is 9.91. The molecule has 9 aromatic carbocycles. The summed E-state index contributed by atoms with van der Waals surface area (Å²) in [5.74, 6) is 1.90. The fourth-order valence-corrected chi connectivity index (χ4v) is 16.5. The zero-order chi connectivity index (χ0) is 75.3. The van der Waals surface area contributed by atoms with Crippen LogP contribution in [0.1, 0.15) is 134 Å². The minimum atomic E-state index is -0.636. The van der Waals surface area contributed by atoms with Gasteiger partial charge < -0.3 is 39.2 Å². The van der Waals surface area contributed by atoms with Crippen LogP contribution in [0.3, 0.4) is 0 Å². The molecule has 13 aromatic rings. The van der Waals surface area contributed by atoms with Gasteiger partial charge in [-0.15, -0.1) is 0 Å². The number of aromatic nitrogens is 4. The summed E-state index contributed by atoms with van der Waals surface area (Å²) in [5.41, 5.74) is 24.7. The SMILES string of the molecule is CC1=CN(c2c(C)cccc2C)[C@H](C)N1c1ccc2ncccc2c1C.Cc1c(N2C=CN(c3cccc4ccccc34)[C@@H]2C)ncc2ccccc12.Cc1c(N2c3ccccc3N(c3c(C(C)C)cccc3C(C)C)[C@@H]2C)ccc2cccnc12.[2H]C(C)(C)N1C=CN(c2cnc3ccccc3c2C)[C@H]1C. The van der Waals surface area contributed by atoms with Crippen molar-refractivity contribution in [2.45, 2.75) is 160 Å². The van der Waals surface area contributed by atoms with Crippen LogP contribution in [-0.2, 0) is 0 Å². The van der Waals surface area contributed by atoms with Crippen molar-refractivity contribution in [1.82, 2.24) is 24.8 Å². The van der Waals surface area contributed by atoms with Gasteiger partial charge in [-0.2, -0.15) is 0 Å². The molecule has 0 N–H and O–H groups in total. The molecule has 0 radical (unpaired) electrons. The van der Waals surface area contributed by atoms with Gasteiger partial charge in [-0.05, 0) is 212 Å². The standard InChI is InChI=1S/C30H33N3.C24H21N3.C23H25N3.C17H21N3/c1-19(2)24-12-9-13-25(20(3)4)30(24)33-22(6)32(27-14-7-8-15-28(27)33)26-17-16-23-11-10-18-31-29(23)21(26)5;1-17-21-11-5-4-9-20(21)16-25-24(17)27-15-14-26(18(27)2)23-13-7-10-19-8-3-6-12-22(19)23;1-15-8-6-9-16(2)23(15)25-14-17(3)26(19(25)5)22-12-11-21-20(18(22)4)10-7-13-24-21;1-12(2)19-9-10-20(14(19)4)17-11-18-16-8-6-5-7-15(16)13(17)3/h7-20,22H,1-6H3;3-16,18H,1-2H3;6-14,19H,1-5H3;5-12,14H,1-4H3/t22-;18-;19-;14-/m1000/s1/i;;;12D. The van der Waals surface area contributed by atoms with Gasteiger partial charge in [0.25, 0.3) is 0 Å². The third-order valence-corrected chi connectivity index (χ3v) is 22.0. The van der Waals surface area contributed by atoms with Gasteiger partial charge >= 0.3 is 0 Å². The molecule has 536 valence electrons. The van der Waals surface area contributed by atoms with Crippen molar-refractivity contribution >= 4 is 106 Å². The van der Waals surface area contributed by atoms with Crippen LogP contribution >= 0.6 is 0 Å². The molecule has 0 saturated carbocycles. The van der Waals surface area contributed by atoms with Crippen molar-refractivity contribution in [3.63, 3.8) is 0 Å². The first-order valence-electron chi connectivity index (χ1n) is 38.0. The number of allylic oxidation sites excluding steroid dienone is 1. The second-order valence-electron chi connectivity index (χ2n) is 29.5. The summed E-state index contributed by atoms with van der Waals surface area (Å²) in [5, 5.41) is 8.54. The Morgan fingerprint density at radius 1 is 0.340 bits per heavy atom. The highest BCUT2D eigenvalue weighted by atomic mass is 15.4. The van der Waals surface area contributed by atoms with Crippen molar-refractivity contribution < 1.29 is 1.37 Å². The summed E-state index contributed by atoms with van der Waals surface area (Å²) in [6.07, 6.45) is 18.9. The number of fused-ring (bicyclic) bond motifs is 6. The number of anilines is 9. The third kappa shape index (κ3) is 13.2. The van der Waals surface area contributed by atoms with E-state index >= 15 is 0 Å². The highest BCUT2D eigenvalue weighted by Crippen LogP contribution is 2.52. The number of rotatable bonds is 10. The number of hydrogen-bond acceptors (Lipinski definition) is 12. The van der Waals surface area contributed by atoms with Crippen LogP contribution in [-0.4, -0.2) is 55.5 Å². The summed E-state index contributed by atoms with van der Waals surface area (Å²) in [4.78, 5) is 37.2. The Labute approximate surface area is 628 Å². The minimum absolute atomic E-state index is 0.110. The first-order chi connectivity index (χ1) is 51.5. The van der Waals surface area contributed by atoms with Gasteiger partial charge in [0.05, 0.1) is 52.6 Å². The molecular weight excluding hydrogens is 1300 g/mol. The van der Waals surface area contributed by atoms with E-state index in [9.17, 15) is 0 Å². The predicted molar refractivity (Wildman–Crippen MR) is 450 cm³/mol. The van der Waals surface area contributed by atoms with E-state index in [0.29, 0.717) is 11.8 Å². The zero-order valence-corrected chi connectivity index (χ0v) is 64.6. The number of hydrogen-bond donors (Lipinski definition) is 0. The van der Waals surface area contributed by atoms with Crippen LogP contribution in [0, 0.1) is 41.5 Å². The van der Waals surface area contributed by atoms with Gasteiger partial charge in [0.1, 0.15) is 30.5 Å². The van der Waals surface area contributed by atoms with Crippen LogP contribution in [0.25, 0.3) is 54.3 Å². The average molecular weight is 1400 g/mol. The summed E-state index contributed by atoms with van der Waals surface area (Å²) in [7, 11) is 0. The summed E-state index contributed by atoms with van der Waals surface area (Å²) >= 11 is 0. The molecule has 4 atom stereocenters. The van der Waals surface area contributed by atoms with Crippen LogP contribution in [0.4, 0.5) is 51.3 Å². The van der Waals surface area contributed by atoms with Crippen LogP contribution in [0.5, 0.6) is 0 Å². The van der Waals surface area contributed by atoms with E-state index in [1.165, 1.54) is 128 Å². The van der Waals surface area contributed by atoms with Crippen molar-refractivity contribution in [3.05, 3.63) is 306 Å². The zero-order valence-electron chi connectivity index (χ0n) is 65.6. The Morgan fingerprint density at radius 3 is 1.58 bits per heavy atom. The first kappa shape index (κ1) is 70.2. The Balaban J connectivity index is 0.000000121. The number of pyridine rings is 4. The summed E-state index contributed by atoms with van der Waals surface area (Å²) in [6.45, 7) is 37.2. The molecule has 0 unspecified atom stereocenters. The molecule has 106 heavy (non-hydrogen) atoms. The van der Waals surface area contributed by atoms with E-state index in [1.807, 2.05) is 86.3 Å². The van der Waals surface area contributed by atoms with Gasteiger partial charge in [-0.25, -0.2) is 4.98 Å². The number of aryl methyl sites for hydroxylation is 6. The molecule has 4 aliphatic rings. The molecule has 8 heterocycles. The molecule has 12 nitrogen and oxygen atoms in total. The Kier molecular flexibility index (Phi) is 19.8. The Hall–Kier alpha value is -11.5. The molecule has 12 heteroatoms. The average Bonchev–Trinajstić information content (AvgIpc) is 1.59. The van der Waals surface area contributed by atoms with E-state index in [2.05, 4.69) is 337 Å². The molecule has 4 aromatic heterocycles. The van der Waals surface area contributed by atoms with E-state index < -0.39 is 6.02 Å². The Bertz CT molecular complexity index is 5530. The van der Waals surface area contributed by atoms with E-state index in [-0.39, 0.29) is 24.7 Å². The largest absolute Gasteiger partial charge is 0.353 e. The van der Waals surface area contributed by atoms with E-state index in [4.69, 9.17) is 11.3 Å². The number of nitrogens with zero attached hydrogens (tertiary/aromatic N) is 12. The third-order valence-electron chi connectivity index (χ3n) is 22.0. The molecule has 17 rings (SSSR count). The smallest absolute Gasteiger partial charge is 0.137 e. The van der Waals surface area contributed by atoms with Gasteiger partial charge in [-0.1, -0.05) is 173 Å². The van der Waals surface area contributed by atoms with Crippen LogP contribution in [0.2, 0.25) is 0 Å². The molecule has 0 saturated heterocycles. The number of para-hydroxylation sites is 5.